The van der Waals surface area contributed by atoms with Gasteiger partial charge in [-0.1, -0.05) is 158 Å². The Labute approximate surface area is 320 Å². The van der Waals surface area contributed by atoms with Gasteiger partial charge in [0.05, 0.1) is 15.8 Å². The van der Waals surface area contributed by atoms with Gasteiger partial charge in [-0.25, -0.2) is 0 Å². The van der Waals surface area contributed by atoms with Crippen molar-refractivity contribution in [1.29, 1.82) is 0 Å². The molecule has 8 aromatic carbocycles. The fraction of sp³-hybridized carbons (Fsp3) is 0. The van der Waals surface area contributed by atoms with E-state index in [2.05, 4.69) is 223 Å². The van der Waals surface area contributed by atoms with Crippen LogP contribution in [0.15, 0.2) is 231 Å². The second kappa shape index (κ2) is 19.0. The van der Waals surface area contributed by atoms with Crippen LogP contribution in [0.3, 0.4) is 0 Å². The van der Waals surface area contributed by atoms with Crippen LogP contribution in [0.2, 0.25) is 0 Å². The predicted octanol–water partition coefficient (Wildman–Crippen LogP) is 9.30. The van der Waals surface area contributed by atoms with Crippen molar-refractivity contribution in [3.05, 3.63) is 231 Å². The van der Waals surface area contributed by atoms with Crippen LogP contribution in [0.4, 0.5) is 0 Å². The molecule has 0 aliphatic heterocycles. The second-order valence-electron chi connectivity index (χ2n) is 12.1. The molecule has 4 heteroatoms. The Balaban J connectivity index is 0.000000135. The zero-order valence-corrected chi connectivity index (χ0v) is 31.6. The summed E-state index contributed by atoms with van der Waals surface area (Å²) >= 11 is 0. The molecule has 0 spiro atoms. The van der Waals surface area contributed by atoms with Gasteiger partial charge in [0.15, 0.2) is 0 Å². The molecule has 1 aromatic heterocycles. The Morgan fingerprint density at radius 3 is 0.654 bits per heavy atom. The second-order valence-corrected chi connectivity index (χ2v) is 17.1. The zero-order valence-electron chi connectivity index (χ0n) is 28.7. The van der Waals surface area contributed by atoms with Gasteiger partial charge in [0.2, 0.25) is 0 Å². The molecule has 0 unspecified atom stereocenters. The van der Waals surface area contributed by atoms with Gasteiger partial charge in [0, 0.05) is 0 Å². The summed E-state index contributed by atoms with van der Waals surface area (Å²) in [4.78, 5) is 4.52. The SMILES string of the molecule is [Cu+].c1ccc([PH+](c2ccccc2)c2ccccc2)cc1.c1ccc([PH+](c2ccccc2)c2ccccc2)cc1.c1ccc2c(c1)[n-]c1ccccc12. The minimum absolute atomic E-state index is 0. The largest absolute Gasteiger partial charge is 1.00 e. The van der Waals surface area contributed by atoms with Gasteiger partial charge in [0.1, 0.15) is 31.8 Å². The Kier molecular flexibility index (Phi) is 13.4. The van der Waals surface area contributed by atoms with E-state index in [1.54, 1.807) is 0 Å². The number of benzene rings is 8. The Morgan fingerprint density at radius 1 is 0.231 bits per heavy atom. The zero-order chi connectivity index (χ0) is 34.5. The van der Waals surface area contributed by atoms with Crippen molar-refractivity contribution >= 4 is 69.5 Å². The molecule has 9 rings (SSSR count). The van der Waals surface area contributed by atoms with E-state index >= 15 is 0 Å². The molecule has 1 nitrogen and oxygen atoms in total. The van der Waals surface area contributed by atoms with Gasteiger partial charge < -0.3 is 4.98 Å². The first kappa shape index (κ1) is 36.7. The third kappa shape index (κ3) is 9.23. The van der Waals surface area contributed by atoms with Crippen LogP contribution in [-0.2, 0) is 17.1 Å². The first-order valence-corrected chi connectivity index (χ1v) is 20.3. The van der Waals surface area contributed by atoms with E-state index in [0.717, 1.165) is 11.0 Å². The van der Waals surface area contributed by atoms with Crippen molar-refractivity contribution in [2.75, 3.05) is 0 Å². The number of para-hydroxylation sites is 2. The molecule has 0 amide bonds. The molecule has 0 saturated heterocycles. The molecule has 0 radical (unpaired) electrons. The Bertz CT molecular complexity index is 1990. The summed E-state index contributed by atoms with van der Waals surface area (Å²) in [5.74, 6) is 0. The molecule has 0 N–H and O–H groups in total. The molecule has 0 atom stereocenters. The van der Waals surface area contributed by atoms with E-state index in [-0.39, 0.29) is 17.1 Å². The average Bonchev–Trinajstić information content (AvgIpc) is 3.60. The van der Waals surface area contributed by atoms with Crippen LogP contribution >= 0.6 is 15.8 Å². The van der Waals surface area contributed by atoms with Gasteiger partial charge in [-0.15, -0.1) is 11.0 Å². The van der Waals surface area contributed by atoms with E-state index in [9.17, 15) is 0 Å². The number of hydrogen-bond acceptors (Lipinski definition) is 0. The van der Waals surface area contributed by atoms with Crippen LogP contribution in [-0.4, -0.2) is 0 Å². The quantitative estimate of drug-likeness (QED) is 0.122. The molecule has 0 aliphatic rings. The number of hydrogen-bond donors (Lipinski definition) is 0. The maximum atomic E-state index is 4.52. The monoisotopic (exact) mass is 755 g/mol. The minimum Gasteiger partial charge on any atom is -0.657 e. The maximum absolute atomic E-state index is 4.52. The number of nitrogens with zero attached hydrogens (tertiary/aromatic N) is 1. The molecule has 0 aliphatic carbocycles. The molecule has 0 saturated carbocycles. The number of aromatic nitrogens is 1. The summed E-state index contributed by atoms with van der Waals surface area (Å²) in [6.07, 6.45) is 0. The van der Waals surface area contributed by atoms with E-state index < -0.39 is 15.8 Å². The summed E-state index contributed by atoms with van der Waals surface area (Å²) in [5, 5.41) is 11.1. The third-order valence-corrected chi connectivity index (χ3v) is 14.2. The summed E-state index contributed by atoms with van der Waals surface area (Å²) in [6.45, 7) is 0. The number of rotatable bonds is 6. The average molecular weight is 756 g/mol. The van der Waals surface area contributed by atoms with Crippen molar-refractivity contribution in [1.82, 2.24) is 4.98 Å². The number of fused-ring (bicyclic) bond motifs is 3. The van der Waals surface area contributed by atoms with Gasteiger partial charge in [-0.3, -0.25) is 0 Å². The van der Waals surface area contributed by atoms with Gasteiger partial charge in [-0.2, -0.15) is 0 Å². The molecule has 9 aromatic rings. The van der Waals surface area contributed by atoms with Crippen molar-refractivity contribution < 1.29 is 17.1 Å². The summed E-state index contributed by atoms with van der Waals surface area (Å²) < 4.78 is 0. The first-order valence-electron chi connectivity index (χ1n) is 17.3. The van der Waals surface area contributed by atoms with E-state index in [1.165, 1.54) is 42.6 Å². The van der Waals surface area contributed by atoms with Crippen molar-refractivity contribution in [3.63, 3.8) is 0 Å². The summed E-state index contributed by atoms with van der Waals surface area (Å²) in [6, 6.07) is 81.5. The van der Waals surface area contributed by atoms with Crippen molar-refractivity contribution in [3.8, 4) is 0 Å². The van der Waals surface area contributed by atoms with Gasteiger partial charge in [-0.05, 0) is 83.6 Å². The summed E-state index contributed by atoms with van der Waals surface area (Å²) in [5.41, 5.74) is 2.17. The smallest absolute Gasteiger partial charge is 0.657 e. The van der Waals surface area contributed by atoms with Crippen LogP contribution in [0.25, 0.3) is 21.8 Å². The fourth-order valence-corrected chi connectivity index (χ4v) is 11.5. The molecular weight excluding hydrogens is 716 g/mol. The van der Waals surface area contributed by atoms with Crippen LogP contribution in [0, 0.1) is 0 Å². The van der Waals surface area contributed by atoms with E-state index in [4.69, 9.17) is 0 Å². The van der Waals surface area contributed by atoms with Crippen molar-refractivity contribution in [2.45, 2.75) is 0 Å². The molecule has 0 fully saturated rings. The normalized spacial score (nSPS) is 10.5. The minimum atomic E-state index is -0.877. The van der Waals surface area contributed by atoms with E-state index in [1.807, 2.05) is 12.1 Å². The molecule has 0 bridgehead atoms. The Morgan fingerprint density at radius 2 is 0.423 bits per heavy atom. The van der Waals surface area contributed by atoms with Gasteiger partial charge in [0.25, 0.3) is 0 Å². The van der Waals surface area contributed by atoms with Crippen molar-refractivity contribution in [2.24, 2.45) is 0 Å². The van der Waals surface area contributed by atoms with Gasteiger partial charge >= 0.3 is 17.1 Å². The molecule has 52 heavy (non-hydrogen) atoms. The maximum Gasteiger partial charge on any atom is 1.00 e. The molecule has 256 valence electrons. The topological polar surface area (TPSA) is 14.1 Å². The molecular formula is C48H40CuNP2+2. The van der Waals surface area contributed by atoms with Crippen LogP contribution in [0.1, 0.15) is 0 Å². The third-order valence-electron chi connectivity index (χ3n) is 8.71. The fourth-order valence-electron chi connectivity index (χ4n) is 6.36. The summed E-state index contributed by atoms with van der Waals surface area (Å²) in [7, 11) is -1.75. The standard InChI is InChI=1S/2C18H15P.C12H8N.Cu/c2*1-4-10-16(11-5-1)19(17-12-6-2-7-13-17)18-14-8-3-9-15-18;1-3-7-11-9(5-1)10-6-2-4-8-12(10)13-11;/h2*1-15H;1-8H;/q;;-1;+1/p+2. The molecule has 1 heterocycles. The van der Waals surface area contributed by atoms with Crippen LogP contribution in [0.5, 0.6) is 0 Å². The first-order chi connectivity index (χ1) is 25.3. The predicted molar refractivity (Wildman–Crippen MR) is 228 cm³/mol. The Hall–Kier alpha value is -5.06. The van der Waals surface area contributed by atoms with Crippen LogP contribution < -0.4 is 36.8 Å². The van der Waals surface area contributed by atoms with E-state index in [0.29, 0.717) is 0 Å².